The summed E-state index contributed by atoms with van der Waals surface area (Å²) in [6.07, 6.45) is 0.831. The standard InChI is InChI=1S/C25H23FN4O3/c26-19-6-8-20(9-7-19)27-25(33)29-13-16-12-18(15-29)23-21(10-11-22(31)30(23)14-16)28-24(32)17-4-2-1-3-5-17/h1-11,16,18H,12-15H2,(H,27,33)(H,28,32)/t16-,18+/m0/s1. The number of nitrogens with zero attached hydrogens (tertiary/aromatic N) is 2. The van der Waals surface area contributed by atoms with Gasteiger partial charge in [0, 0.05) is 48.6 Å². The lowest BCUT2D eigenvalue weighted by atomic mass is 9.82. The van der Waals surface area contributed by atoms with E-state index in [4.69, 9.17) is 0 Å². The minimum Gasteiger partial charge on any atom is -0.324 e. The first-order valence-corrected chi connectivity index (χ1v) is 10.9. The number of amides is 3. The Balaban J connectivity index is 1.39. The molecule has 0 saturated carbocycles. The molecule has 2 aliphatic rings. The first-order valence-electron chi connectivity index (χ1n) is 10.9. The number of rotatable bonds is 3. The molecule has 5 rings (SSSR count). The summed E-state index contributed by atoms with van der Waals surface area (Å²) in [6.45, 7) is 1.43. The van der Waals surface area contributed by atoms with Crippen LogP contribution in [0.15, 0.2) is 71.5 Å². The van der Waals surface area contributed by atoms with Gasteiger partial charge in [0.2, 0.25) is 0 Å². The molecule has 168 valence electrons. The molecule has 0 unspecified atom stereocenters. The molecule has 2 aliphatic heterocycles. The predicted molar refractivity (Wildman–Crippen MR) is 123 cm³/mol. The van der Waals surface area contributed by atoms with Gasteiger partial charge in [0.05, 0.1) is 5.69 Å². The van der Waals surface area contributed by atoms with Gasteiger partial charge in [-0.25, -0.2) is 9.18 Å². The third-order valence-electron chi connectivity index (χ3n) is 6.26. The summed E-state index contributed by atoms with van der Waals surface area (Å²) in [4.78, 5) is 40.0. The quantitative estimate of drug-likeness (QED) is 0.640. The zero-order chi connectivity index (χ0) is 22.9. The fraction of sp³-hybridized carbons (Fsp3) is 0.240. The number of aromatic nitrogens is 1. The van der Waals surface area contributed by atoms with E-state index in [-0.39, 0.29) is 35.2 Å². The van der Waals surface area contributed by atoms with Crippen LogP contribution in [-0.4, -0.2) is 34.5 Å². The van der Waals surface area contributed by atoms with Crippen molar-refractivity contribution in [3.8, 4) is 0 Å². The number of piperidine rings is 1. The number of carbonyl (C=O) groups excluding carboxylic acids is 2. The fourth-order valence-corrected chi connectivity index (χ4v) is 4.81. The Labute approximate surface area is 189 Å². The predicted octanol–water partition coefficient (Wildman–Crippen LogP) is 3.89. The van der Waals surface area contributed by atoms with Crippen LogP contribution in [0.3, 0.4) is 0 Å². The van der Waals surface area contributed by atoms with Gasteiger partial charge in [-0.3, -0.25) is 9.59 Å². The summed E-state index contributed by atoms with van der Waals surface area (Å²) in [5, 5.41) is 5.77. The van der Waals surface area contributed by atoms with E-state index >= 15 is 0 Å². The molecule has 3 aromatic rings. The Kier molecular flexibility index (Phi) is 5.42. The molecule has 0 aliphatic carbocycles. The van der Waals surface area contributed by atoms with E-state index in [0.717, 1.165) is 12.1 Å². The molecule has 2 N–H and O–H groups in total. The lowest BCUT2D eigenvalue weighted by molar-refractivity contribution is 0.102. The number of benzene rings is 2. The van der Waals surface area contributed by atoms with Crippen LogP contribution in [0.25, 0.3) is 0 Å². The summed E-state index contributed by atoms with van der Waals surface area (Å²) < 4.78 is 14.9. The largest absolute Gasteiger partial charge is 0.324 e. The van der Waals surface area contributed by atoms with Crippen LogP contribution >= 0.6 is 0 Å². The van der Waals surface area contributed by atoms with E-state index in [1.807, 2.05) is 6.07 Å². The summed E-state index contributed by atoms with van der Waals surface area (Å²) in [6, 6.07) is 17.4. The Morgan fingerprint density at radius 2 is 1.64 bits per heavy atom. The van der Waals surface area contributed by atoms with E-state index in [9.17, 15) is 18.8 Å². The maximum absolute atomic E-state index is 13.2. The van der Waals surface area contributed by atoms with Crippen molar-refractivity contribution in [3.05, 3.63) is 94.2 Å². The maximum atomic E-state index is 13.2. The minimum absolute atomic E-state index is 0.0866. The lowest BCUT2D eigenvalue weighted by Gasteiger charge is -2.43. The molecule has 1 aromatic heterocycles. The number of hydrogen-bond donors (Lipinski definition) is 2. The van der Waals surface area contributed by atoms with Crippen molar-refractivity contribution in [2.45, 2.75) is 18.9 Å². The number of halogens is 1. The highest BCUT2D eigenvalue weighted by molar-refractivity contribution is 6.04. The molecule has 2 aromatic carbocycles. The zero-order valence-electron chi connectivity index (χ0n) is 17.8. The second-order valence-electron chi connectivity index (χ2n) is 8.54. The van der Waals surface area contributed by atoms with Crippen LogP contribution in [0, 0.1) is 11.7 Å². The molecule has 8 heteroatoms. The Morgan fingerprint density at radius 3 is 2.39 bits per heavy atom. The monoisotopic (exact) mass is 446 g/mol. The van der Waals surface area contributed by atoms with Gasteiger partial charge in [-0.2, -0.15) is 0 Å². The third kappa shape index (κ3) is 4.24. The third-order valence-corrected chi connectivity index (χ3v) is 6.26. The molecular formula is C25H23FN4O3. The number of anilines is 2. The Bertz CT molecular complexity index is 1260. The van der Waals surface area contributed by atoms with Crippen molar-refractivity contribution in [1.82, 2.24) is 9.47 Å². The fourth-order valence-electron chi connectivity index (χ4n) is 4.81. The van der Waals surface area contributed by atoms with E-state index < -0.39 is 0 Å². The first kappa shape index (κ1) is 20.9. The number of urea groups is 1. The van der Waals surface area contributed by atoms with Gasteiger partial charge in [-0.15, -0.1) is 0 Å². The van der Waals surface area contributed by atoms with Gasteiger partial charge in [-0.1, -0.05) is 18.2 Å². The van der Waals surface area contributed by atoms with Gasteiger partial charge in [-0.05, 0) is 54.8 Å². The van der Waals surface area contributed by atoms with Crippen molar-refractivity contribution in [3.63, 3.8) is 0 Å². The maximum Gasteiger partial charge on any atom is 0.321 e. The molecule has 3 amide bonds. The topological polar surface area (TPSA) is 83.4 Å². The number of fused-ring (bicyclic) bond motifs is 4. The highest BCUT2D eigenvalue weighted by Crippen LogP contribution is 2.38. The molecule has 1 fully saturated rings. The summed E-state index contributed by atoms with van der Waals surface area (Å²) >= 11 is 0. The van der Waals surface area contributed by atoms with Gasteiger partial charge >= 0.3 is 6.03 Å². The van der Waals surface area contributed by atoms with Crippen molar-refractivity contribution in [1.29, 1.82) is 0 Å². The summed E-state index contributed by atoms with van der Waals surface area (Å²) in [7, 11) is 0. The highest BCUT2D eigenvalue weighted by Gasteiger charge is 2.38. The SMILES string of the molecule is O=C(Nc1ccc(=O)n2c1[C@@H]1C[C@@H](CN(C(=O)Nc3ccc(F)cc3)C1)C2)c1ccccc1. The van der Waals surface area contributed by atoms with E-state index in [0.29, 0.717) is 36.6 Å². The molecule has 1 saturated heterocycles. The van der Waals surface area contributed by atoms with Crippen LogP contribution in [0.2, 0.25) is 0 Å². The van der Waals surface area contributed by atoms with Gasteiger partial charge < -0.3 is 20.1 Å². The van der Waals surface area contributed by atoms with Crippen LogP contribution < -0.4 is 16.2 Å². The van der Waals surface area contributed by atoms with Gasteiger partial charge in [0.15, 0.2) is 0 Å². The van der Waals surface area contributed by atoms with Crippen LogP contribution in [0.1, 0.15) is 28.4 Å². The first-order chi connectivity index (χ1) is 16.0. The molecule has 33 heavy (non-hydrogen) atoms. The smallest absolute Gasteiger partial charge is 0.321 e. The normalized spacial score (nSPS) is 18.9. The lowest BCUT2D eigenvalue weighted by Crippen LogP contribution is -2.50. The second-order valence-corrected chi connectivity index (χ2v) is 8.54. The molecule has 3 heterocycles. The molecule has 2 atom stereocenters. The van der Waals surface area contributed by atoms with Crippen molar-refractivity contribution >= 4 is 23.3 Å². The average molecular weight is 446 g/mol. The zero-order valence-corrected chi connectivity index (χ0v) is 17.8. The van der Waals surface area contributed by atoms with Gasteiger partial charge in [0.1, 0.15) is 5.82 Å². The molecule has 0 spiro atoms. The number of pyridine rings is 1. The molecule has 0 radical (unpaired) electrons. The summed E-state index contributed by atoms with van der Waals surface area (Å²) in [5.74, 6) is -0.571. The second kappa shape index (κ2) is 8.54. The van der Waals surface area contributed by atoms with Crippen LogP contribution in [0.5, 0.6) is 0 Å². The molecule has 2 bridgehead atoms. The molecular weight excluding hydrogens is 423 g/mol. The summed E-state index contributed by atoms with van der Waals surface area (Å²) in [5.41, 5.74) is 2.28. The van der Waals surface area contributed by atoms with Gasteiger partial charge in [0.25, 0.3) is 11.5 Å². The van der Waals surface area contributed by atoms with Crippen LogP contribution in [0.4, 0.5) is 20.6 Å². The number of likely N-dealkylation sites (tertiary alicyclic amines) is 1. The number of carbonyl (C=O) groups is 2. The number of nitrogens with one attached hydrogen (secondary N) is 2. The van der Waals surface area contributed by atoms with Crippen LogP contribution in [-0.2, 0) is 6.54 Å². The minimum atomic E-state index is -0.368. The Hall–Kier alpha value is -3.94. The molecule has 7 nitrogen and oxygen atoms in total. The number of hydrogen-bond acceptors (Lipinski definition) is 3. The van der Waals surface area contributed by atoms with Crippen molar-refractivity contribution in [2.24, 2.45) is 5.92 Å². The van der Waals surface area contributed by atoms with E-state index in [1.165, 1.54) is 30.3 Å². The van der Waals surface area contributed by atoms with Crippen molar-refractivity contribution in [2.75, 3.05) is 23.7 Å². The van der Waals surface area contributed by atoms with E-state index in [1.54, 1.807) is 39.8 Å². The highest BCUT2D eigenvalue weighted by atomic mass is 19.1. The van der Waals surface area contributed by atoms with E-state index in [2.05, 4.69) is 10.6 Å². The van der Waals surface area contributed by atoms with Crippen molar-refractivity contribution < 1.29 is 14.0 Å². The Morgan fingerprint density at radius 1 is 0.879 bits per heavy atom. The average Bonchev–Trinajstić information content (AvgIpc) is 2.82.